The van der Waals surface area contributed by atoms with Gasteiger partial charge in [-0.25, -0.2) is 12.8 Å². The third-order valence-corrected chi connectivity index (χ3v) is 5.40. The molecular formula is C15H15ClFNO3S. The van der Waals surface area contributed by atoms with Crippen LogP contribution in [0.3, 0.4) is 0 Å². The summed E-state index contributed by atoms with van der Waals surface area (Å²) in [4.78, 5) is 0.0208. The van der Waals surface area contributed by atoms with E-state index in [0.717, 1.165) is 4.31 Å². The quantitative estimate of drug-likeness (QED) is 0.836. The number of para-hydroxylation sites is 1. The van der Waals surface area contributed by atoms with Crippen molar-refractivity contribution in [1.82, 2.24) is 4.31 Å². The maximum atomic E-state index is 13.8. The van der Waals surface area contributed by atoms with Crippen molar-refractivity contribution in [2.75, 3.05) is 14.2 Å². The lowest BCUT2D eigenvalue weighted by atomic mass is 10.2. The molecule has 0 N–H and O–H groups in total. The van der Waals surface area contributed by atoms with Crippen LogP contribution in [0, 0.1) is 5.82 Å². The molecule has 2 rings (SSSR count). The monoisotopic (exact) mass is 343 g/mol. The summed E-state index contributed by atoms with van der Waals surface area (Å²) in [5, 5.41) is 0.182. The molecule has 2 aromatic carbocycles. The van der Waals surface area contributed by atoms with Crippen LogP contribution >= 0.6 is 11.6 Å². The number of rotatable bonds is 5. The molecule has 4 nitrogen and oxygen atoms in total. The lowest BCUT2D eigenvalue weighted by molar-refractivity contribution is 0.397. The van der Waals surface area contributed by atoms with E-state index in [1.807, 2.05) is 0 Å². The second-order valence-electron chi connectivity index (χ2n) is 4.61. The van der Waals surface area contributed by atoms with Crippen molar-refractivity contribution in [3.05, 3.63) is 58.9 Å². The summed E-state index contributed by atoms with van der Waals surface area (Å²) < 4.78 is 45.2. The Bertz CT molecular complexity index is 760. The van der Waals surface area contributed by atoms with Crippen LogP contribution in [0.4, 0.5) is 4.39 Å². The molecule has 0 saturated carbocycles. The first-order chi connectivity index (χ1) is 10.4. The minimum Gasteiger partial charge on any atom is -0.495 e. The van der Waals surface area contributed by atoms with Gasteiger partial charge in [0.25, 0.3) is 0 Å². The van der Waals surface area contributed by atoms with Crippen LogP contribution in [-0.2, 0) is 16.6 Å². The first kappa shape index (κ1) is 16.7. The van der Waals surface area contributed by atoms with Crippen molar-refractivity contribution < 1.29 is 17.5 Å². The molecule has 0 aliphatic rings. The fraction of sp³-hybridized carbons (Fsp3) is 0.200. The number of ether oxygens (including phenoxy) is 1. The van der Waals surface area contributed by atoms with E-state index in [4.69, 9.17) is 16.3 Å². The summed E-state index contributed by atoms with van der Waals surface area (Å²) in [6, 6.07) is 10.5. The fourth-order valence-corrected chi connectivity index (χ4v) is 3.50. The lowest BCUT2D eigenvalue weighted by Crippen LogP contribution is -2.27. The predicted octanol–water partition coefficient (Wildman–Crippen LogP) is 3.31. The molecule has 0 aromatic heterocycles. The van der Waals surface area contributed by atoms with Gasteiger partial charge in [-0.1, -0.05) is 29.8 Å². The van der Waals surface area contributed by atoms with Crippen molar-refractivity contribution in [2.45, 2.75) is 11.4 Å². The summed E-state index contributed by atoms with van der Waals surface area (Å²) in [7, 11) is -1.07. The molecule has 118 valence electrons. The van der Waals surface area contributed by atoms with E-state index < -0.39 is 15.8 Å². The van der Waals surface area contributed by atoms with Gasteiger partial charge in [0, 0.05) is 24.2 Å². The molecule has 0 spiro atoms. The molecule has 0 unspecified atom stereocenters. The summed E-state index contributed by atoms with van der Waals surface area (Å²) in [6.45, 7) is -0.175. The third-order valence-electron chi connectivity index (χ3n) is 3.20. The molecule has 7 heteroatoms. The highest BCUT2D eigenvalue weighted by Gasteiger charge is 2.25. The third kappa shape index (κ3) is 3.24. The maximum Gasteiger partial charge on any atom is 0.246 e. The zero-order valence-electron chi connectivity index (χ0n) is 12.1. The molecule has 22 heavy (non-hydrogen) atoms. The molecule has 0 aliphatic heterocycles. The Labute approximate surface area is 134 Å². The highest BCUT2D eigenvalue weighted by atomic mass is 35.5. The number of nitrogens with zero attached hydrogens (tertiary/aromatic N) is 1. The molecular weight excluding hydrogens is 329 g/mol. The Balaban J connectivity index is 2.38. The van der Waals surface area contributed by atoms with E-state index in [0.29, 0.717) is 0 Å². The smallest absolute Gasteiger partial charge is 0.246 e. The summed E-state index contributed by atoms with van der Waals surface area (Å²) in [5.74, 6) is -0.316. The van der Waals surface area contributed by atoms with Crippen molar-refractivity contribution in [3.8, 4) is 5.75 Å². The van der Waals surface area contributed by atoms with E-state index in [1.165, 1.54) is 38.4 Å². The SMILES string of the molecule is COc1ccccc1S(=O)(=O)N(C)Cc1c(F)cccc1Cl. The van der Waals surface area contributed by atoms with Crippen LogP contribution < -0.4 is 4.74 Å². The van der Waals surface area contributed by atoms with Gasteiger partial charge in [0.2, 0.25) is 10.0 Å². The van der Waals surface area contributed by atoms with Crippen LogP contribution in [0.5, 0.6) is 5.75 Å². The van der Waals surface area contributed by atoms with Gasteiger partial charge in [-0.15, -0.1) is 0 Å². The van der Waals surface area contributed by atoms with Crippen LogP contribution in [0.15, 0.2) is 47.4 Å². The van der Waals surface area contributed by atoms with Gasteiger partial charge >= 0.3 is 0 Å². The molecule has 0 amide bonds. The summed E-state index contributed by atoms with van der Waals surface area (Å²) in [5.41, 5.74) is 0.130. The molecule has 0 bridgehead atoms. The Hall–Kier alpha value is -1.63. The van der Waals surface area contributed by atoms with Gasteiger partial charge < -0.3 is 4.74 Å². The highest BCUT2D eigenvalue weighted by molar-refractivity contribution is 7.89. The van der Waals surface area contributed by atoms with Crippen LogP contribution in [-0.4, -0.2) is 26.9 Å². The number of sulfonamides is 1. The number of halogens is 2. The molecule has 0 radical (unpaired) electrons. The first-order valence-corrected chi connectivity index (χ1v) is 8.22. The van der Waals surface area contributed by atoms with Crippen LogP contribution in [0.25, 0.3) is 0 Å². The Morgan fingerprint density at radius 2 is 1.86 bits per heavy atom. The Morgan fingerprint density at radius 1 is 1.18 bits per heavy atom. The number of methoxy groups -OCH3 is 1. The van der Waals surface area contributed by atoms with E-state index in [-0.39, 0.29) is 27.8 Å². The van der Waals surface area contributed by atoms with Gasteiger partial charge in [-0.05, 0) is 24.3 Å². The fourth-order valence-electron chi connectivity index (χ4n) is 1.99. The number of benzene rings is 2. The van der Waals surface area contributed by atoms with E-state index >= 15 is 0 Å². The van der Waals surface area contributed by atoms with Crippen LogP contribution in [0.2, 0.25) is 5.02 Å². The van der Waals surface area contributed by atoms with Crippen molar-refractivity contribution in [2.24, 2.45) is 0 Å². The molecule has 0 fully saturated rings. The van der Waals surface area contributed by atoms with Crippen molar-refractivity contribution in [3.63, 3.8) is 0 Å². The number of hydrogen-bond acceptors (Lipinski definition) is 3. The van der Waals surface area contributed by atoms with E-state index in [1.54, 1.807) is 18.2 Å². The van der Waals surface area contributed by atoms with Gasteiger partial charge in [-0.2, -0.15) is 4.31 Å². The second-order valence-corrected chi connectivity index (χ2v) is 7.03. The van der Waals surface area contributed by atoms with Crippen molar-refractivity contribution in [1.29, 1.82) is 0 Å². The molecule has 2 aromatic rings. The first-order valence-electron chi connectivity index (χ1n) is 6.40. The molecule has 0 aliphatic carbocycles. The summed E-state index contributed by atoms with van der Waals surface area (Å²) >= 11 is 5.94. The predicted molar refractivity (Wildman–Crippen MR) is 83.1 cm³/mol. The Kier molecular flexibility index (Phi) is 5.05. The van der Waals surface area contributed by atoms with Gasteiger partial charge in [0.15, 0.2) is 0 Å². The van der Waals surface area contributed by atoms with Gasteiger partial charge in [0.1, 0.15) is 16.5 Å². The average molecular weight is 344 g/mol. The zero-order valence-corrected chi connectivity index (χ0v) is 13.7. The van der Waals surface area contributed by atoms with Crippen LogP contribution in [0.1, 0.15) is 5.56 Å². The standard InChI is InChI=1S/C15H15ClFNO3S/c1-18(10-11-12(16)6-5-7-13(11)17)22(19,20)15-9-4-3-8-14(15)21-2/h3-9H,10H2,1-2H3. The lowest BCUT2D eigenvalue weighted by Gasteiger charge is -2.19. The molecule has 0 saturated heterocycles. The largest absolute Gasteiger partial charge is 0.495 e. The minimum absolute atomic E-state index is 0.0208. The minimum atomic E-state index is -3.83. The average Bonchev–Trinajstić information content (AvgIpc) is 2.50. The normalized spacial score (nSPS) is 11.7. The Morgan fingerprint density at radius 3 is 2.50 bits per heavy atom. The summed E-state index contributed by atoms with van der Waals surface area (Å²) in [6.07, 6.45) is 0. The van der Waals surface area contributed by atoms with E-state index in [2.05, 4.69) is 0 Å². The number of hydrogen-bond donors (Lipinski definition) is 0. The molecule has 0 atom stereocenters. The second kappa shape index (κ2) is 6.64. The van der Waals surface area contributed by atoms with Gasteiger partial charge in [0.05, 0.1) is 7.11 Å². The van der Waals surface area contributed by atoms with Gasteiger partial charge in [-0.3, -0.25) is 0 Å². The highest BCUT2D eigenvalue weighted by Crippen LogP contribution is 2.28. The maximum absolute atomic E-state index is 13.8. The van der Waals surface area contributed by atoms with Crippen molar-refractivity contribution >= 4 is 21.6 Å². The van der Waals surface area contributed by atoms with E-state index in [9.17, 15) is 12.8 Å². The topological polar surface area (TPSA) is 46.6 Å². The zero-order chi connectivity index (χ0) is 16.3. The molecule has 0 heterocycles.